The van der Waals surface area contributed by atoms with Crippen LogP contribution >= 0.6 is 0 Å². The summed E-state index contributed by atoms with van der Waals surface area (Å²) in [5.41, 5.74) is -0.00587. The van der Waals surface area contributed by atoms with Gasteiger partial charge < -0.3 is 0 Å². The first-order valence-corrected chi connectivity index (χ1v) is 4.52. The topological polar surface area (TPSA) is 60.2 Å². The van der Waals surface area contributed by atoms with Crippen LogP contribution < -0.4 is 4.35 Å². The molecule has 0 N–H and O–H groups in total. The van der Waals surface area contributed by atoms with E-state index in [0.29, 0.717) is 4.35 Å². The number of benzene rings is 1. The van der Waals surface area contributed by atoms with Crippen molar-refractivity contribution in [2.45, 2.75) is 0 Å². The van der Waals surface area contributed by atoms with E-state index in [4.69, 9.17) is 0 Å². The van der Waals surface area contributed by atoms with Crippen LogP contribution in [-0.4, -0.2) is 20.6 Å². The fourth-order valence-electron chi connectivity index (χ4n) is 0.663. The maximum atomic E-state index is 10.4. The molecule has 0 spiro atoms. The molecule has 1 aromatic rings. The van der Waals surface area contributed by atoms with Gasteiger partial charge in [-0.15, -0.1) is 0 Å². The molecule has 0 saturated carbocycles. The summed E-state index contributed by atoms with van der Waals surface area (Å²) in [5.74, 6) is 0. The third kappa shape index (κ3) is 1.95. The molecule has 0 saturated heterocycles. The van der Waals surface area contributed by atoms with Gasteiger partial charge >= 0.3 is 68.8 Å². The normalized spacial score (nSPS) is 9.82. The summed E-state index contributed by atoms with van der Waals surface area (Å²) in [4.78, 5) is 9.68. The first kappa shape index (κ1) is 8.08. The Morgan fingerprint density at radius 3 is 2.73 bits per heavy atom. The molecule has 56 valence electrons. The van der Waals surface area contributed by atoms with Crippen molar-refractivity contribution in [3.05, 3.63) is 34.4 Å². The number of nitro groups is 1. The minimum absolute atomic E-state index is 0.00587. The zero-order valence-electron chi connectivity index (χ0n) is 5.43. The van der Waals surface area contributed by atoms with Crippen molar-refractivity contribution < 1.29 is 8.66 Å². The van der Waals surface area contributed by atoms with Crippen molar-refractivity contribution >= 4 is 25.7 Å². The van der Waals surface area contributed by atoms with Crippen LogP contribution in [0.1, 0.15) is 0 Å². The van der Waals surface area contributed by atoms with Crippen molar-refractivity contribution in [3.63, 3.8) is 0 Å². The van der Waals surface area contributed by atoms with Gasteiger partial charge in [-0.25, -0.2) is 0 Å². The predicted molar refractivity (Wildman–Crippen MR) is 39.2 cm³/mol. The van der Waals surface area contributed by atoms with E-state index in [1.54, 1.807) is 6.07 Å². The molecule has 0 radical (unpaired) electrons. The van der Waals surface area contributed by atoms with Gasteiger partial charge in [0.25, 0.3) is 0 Å². The monoisotopic (exact) mass is 213 g/mol. The fourth-order valence-corrected chi connectivity index (χ4v) is 1.36. The van der Waals surface area contributed by atoms with Crippen LogP contribution in [0.15, 0.2) is 24.3 Å². The Labute approximate surface area is 69.3 Å². The van der Waals surface area contributed by atoms with Crippen molar-refractivity contribution in [1.29, 1.82) is 0 Å². The van der Waals surface area contributed by atoms with E-state index in [1.807, 2.05) is 0 Å². The van der Waals surface area contributed by atoms with E-state index in [0.717, 1.165) is 0 Å². The Morgan fingerprint density at radius 1 is 1.45 bits per heavy atom. The quantitative estimate of drug-likeness (QED) is 0.402. The molecule has 0 amide bonds. The van der Waals surface area contributed by atoms with Gasteiger partial charge in [0, 0.05) is 0 Å². The van der Waals surface area contributed by atoms with Crippen molar-refractivity contribution in [2.24, 2.45) is 0 Å². The number of hydrogen-bond donors (Lipinski definition) is 0. The molecule has 11 heavy (non-hydrogen) atoms. The average Bonchev–Trinajstić information content (AvgIpc) is 2.05. The van der Waals surface area contributed by atoms with Crippen LogP contribution in [0.5, 0.6) is 0 Å². The van der Waals surface area contributed by atoms with Crippen LogP contribution in [-0.2, 0) is 3.74 Å². The molecule has 0 atom stereocenters. The molecule has 0 unspecified atom stereocenters. The maximum absolute atomic E-state index is 10.4. The average molecular weight is 213 g/mol. The SMILES string of the molecule is O=[As]c1cccc([N+](=O)[O-])c1. The second-order valence-corrected chi connectivity index (χ2v) is 3.33. The fraction of sp³-hybridized carbons (Fsp3) is 0. The zero-order valence-corrected chi connectivity index (χ0v) is 7.31. The van der Waals surface area contributed by atoms with E-state index in [1.165, 1.54) is 18.2 Å². The van der Waals surface area contributed by atoms with Crippen molar-refractivity contribution in [2.75, 3.05) is 0 Å². The second-order valence-electron chi connectivity index (χ2n) is 1.87. The van der Waals surface area contributed by atoms with Gasteiger partial charge in [-0.05, 0) is 0 Å². The number of hydrogen-bond acceptors (Lipinski definition) is 3. The Balaban J connectivity index is 3.10. The van der Waals surface area contributed by atoms with E-state index < -0.39 is 20.6 Å². The minimum atomic E-state index is -1.16. The van der Waals surface area contributed by atoms with Crippen LogP contribution in [0.25, 0.3) is 0 Å². The summed E-state index contributed by atoms with van der Waals surface area (Å²) in [6, 6.07) is 5.84. The Hall–Kier alpha value is -1.02. The summed E-state index contributed by atoms with van der Waals surface area (Å²) >= 11 is -1.16. The molecule has 1 aromatic carbocycles. The van der Waals surface area contributed by atoms with Gasteiger partial charge in [0.05, 0.1) is 0 Å². The molecule has 0 fully saturated rings. The number of nitro benzene ring substituents is 1. The van der Waals surface area contributed by atoms with Crippen molar-refractivity contribution in [3.8, 4) is 0 Å². The molecule has 0 heterocycles. The van der Waals surface area contributed by atoms with Crippen LogP contribution in [0.2, 0.25) is 0 Å². The Bertz CT molecular complexity index is 300. The summed E-state index contributed by atoms with van der Waals surface area (Å²) in [5, 5.41) is 10.2. The molecule has 0 aliphatic heterocycles. The molecular weight excluding hydrogens is 209 g/mol. The third-order valence-electron chi connectivity index (χ3n) is 1.15. The van der Waals surface area contributed by atoms with Gasteiger partial charge in [0.15, 0.2) is 0 Å². The van der Waals surface area contributed by atoms with E-state index >= 15 is 0 Å². The van der Waals surface area contributed by atoms with Crippen LogP contribution in [0.3, 0.4) is 0 Å². The standard InChI is InChI=1S/C6H4AsNO3/c9-7-5-2-1-3-6(4-5)8(10)11/h1-4H. The second kappa shape index (κ2) is 3.39. The molecule has 0 aliphatic rings. The molecule has 0 aliphatic carbocycles. The summed E-state index contributed by atoms with van der Waals surface area (Å²) < 4.78 is 10.9. The van der Waals surface area contributed by atoms with Gasteiger partial charge in [0.1, 0.15) is 0 Å². The Kier molecular flexibility index (Phi) is 2.49. The van der Waals surface area contributed by atoms with Crippen LogP contribution in [0, 0.1) is 10.1 Å². The zero-order chi connectivity index (χ0) is 8.27. The Morgan fingerprint density at radius 2 is 2.18 bits per heavy atom. The molecule has 0 aromatic heterocycles. The number of non-ortho nitro benzene ring substituents is 1. The molecule has 0 bridgehead atoms. The molecule has 1 rings (SSSR count). The third-order valence-corrected chi connectivity index (χ3v) is 2.17. The van der Waals surface area contributed by atoms with Gasteiger partial charge in [-0.2, -0.15) is 0 Å². The summed E-state index contributed by atoms with van der Waals surface area (Å²) in [6.07, 6.45) is 0. The first-order chi connectivity index (χ1) is 5.24. The van der Waals surface area contributed by atoms with Crippen LogP contribution in [0.4, 0.5) is 5.69 Å². The van der Waals surface area contributed by atoms with Crippen molar-refractivity contribution in [1.82, 2.24) is 0 Å². The number of nitrogens with zero attached hydrogens (tertiary/aromatic N) is 1. The first-order valence-electron chi connectivity index (χ1n) is 2.82. The van der Waals surface area contributed by atoms with Gasteiger partial charge in [-0.3, -0.25) is 0 Å². The predicted octanol–water partition coefficient (Wildman–Crippen LogP) is 0.270. The number of rotatable bonds is 2. The summed E-state index contributed by atoms with van der Waals surface area (Å²) in [6.45, 7) is 0. The molecular formula is C6H4AsNO3. The van der Waals surface area contributed by atoms with Gasteiger partial charge in [0.2, 0.25) is 0 Å². The molecule has 5 heteroatoms. The van der Waals surface area contributed by atoms with E-state index in [2.05, 4.69) is 0 Å². The summed E-state index contributed by atoms with van der Waals surface area (Å²) in [7, 11) is 0. The van der Waals surface area contributed by atoms with Gasteiger partial charge in [-0.1, -0.05) is 0 Å². The molecule has 4 nitrogen and oxygen atoms in total. The van der Waals surface area contributed by atoms with E-state index in [-0.39, 0.29) is 5.69 Å². The van der Waals surface area contributed by atoms with E-state index in [9.17, 15) is 13.9 Å².